The Kier molecular flexibility index (Phi) is 6.85. The average Bonchev–Trinajstić information content (AvgIpc) is 3.16. The van der Waals surface area contributed by atoms with E-state index in [2.05, 4.69) is 5.32 Å². The number of sulfonamides is 1. The van der Waals surface area contributed by atoms with Gasteiger partial charge in [0.25, 0.3) is 0 Å². The SMILES string of the molecule is COC(=O)c1cc2cc(NC(=O)CN(C)S(=O)(=O)c3ccc(OC)c(Cl)c3)ccc2s1. The summed E-state index contributed by atoms with van der Waals surface area (Å²) in [6.45, 7) is -0.402. The smallest absolute Gasteiger partial charge is 0.348 e. The average molecular weight is 483 g/mol. The normalized spacial score (nSPS) is 11.5. The standard InChI is InChI=1S/C20H19ClN2O6S2/c1-23(31(26,27)14-5-6-16(28-2)15(21)10-14)11-19(24)22-13-4-7-17-12(8-13)9-18(30-17)20(25)29-3/h4-10H,11H2,1-3H3,(H,22,24). The number of methoxy groups -OCH3 is 2. The first kappa shape index (κ1) is 23.0. The van der Waals surface area contributed by atoms with Crippen LogP contribution in [0.4, 0.5) is 5.69 Å². The quantitative estimate of drug-likeness (QED) is 0.516. The highest BCUT2D eigenvalue weighted by Gasteiger charge is 2.24. The van der Waals surface area contributed by atoms with Gasteiger partial charge in [0.05, 0.1) is 30.7 Å². The zero-order chi connectivity index (χ0) is 22.8. The van der Waals surface area contributed by atoms with E-state index in [1.807, 2.05) is 0 Å². The molecule has 0 aliphatic rings. The van der Waals surface area contributed by atoms with Crippen LogP contribution in [-0.4, -0.2) is 52.4 Å². The summed E-state index contributed by atoms with van der Waals surface area (Å²) in [5, 5.41) is 3.58. The van der Waals surface area contributed by atoms with Gasteiger partial charge in [0.1, 0.15) is 10.6 Å². The van der Waals surface area contributed by atoms with Crippen molar-refractivity contribution in [3.63, 3.8) is 0 Å². The molecular formula is C20H19ClN2O6S2. The predicted molar refractivity (Wildman–Crippen MR) is 120 cm³/mol. The van der Waals surface area contributed by atoms with Crippen molar-refractivity contribution in [3.8, 4) is 5.75 Å². The maximum atomic E-state index is 12.7. The van der Waals surface area contributed by atoms with Crippen molar-refractivity contribution in [3.05, 3.63) is 52.4 Å². The van der Waals surface area contributed by atoms with Crippen LogP contribution in [0.5, 0.6) is 5.75 Å². The zero-order valence-electron chi connectivity index (χ0n) is 16.8. The monoisotopic (exact) mass is 482 g/mol. The minimum atomic E-state index is -3.93. The number of amides is 1. The van der Waals surface area contributed by atoms with Crippen molar-refractivity contribution in [1.29, 1.82) is 0 Å². The number of carbonyl (C=O) groups excluding carboxylic acids is 2. The molecule has 1 heterocycles. The molecule has 1 amide bonds. The number of nitrogens with one attached hydrogen (secondary N) is 1. The lowest BCUT2D eigenvalue weighted by Gasteiger charge is -2.17. The molecular weight excluding hydrogens is 464 g/mol. The van der Waals surface area contributed by atoms with Gasteiger partial charge in [-0.25, -0.2) is 13.2 Å². The van der Waals surface area contributed by atoms with E-state index < -0.39 is 28.4 Å². The molecule has 3 aromatic rings. The lowest BCUT2D eigenvalue weighted by molar-refractivity contribution is -0.116. The van der Waals surface area contributed by atoms with Gasteiger partial charge in [0.15, 0.2) is 0 Å². The number of fused-ring (bicyclic) bond motifs is 1. The third kappa shape index (κ3) is 4.99. The second-order valence-electron chi connectivity index (χ2n) is 6.46. The van der Waals surface area contributed by atoms with Crippen LogP contribution in [0.1, 0.15) is 9.67 Å². The highest BCUT2D eigenvalue weighted by atomic mass is 35.5. The van der Waals surface area contributed by atoms with Gasteiger partial charge in [0.2, 0.25) is 15.9 Å². The van der Waals surface area contributed by atoms with Crippen LogP contribution < -0.4 is 10.1 Å². The Morgan fingerprint density at radius 2 is 1.87 bits per heavy atom. The molecule has 1 aromatic heterocycles. The predicted octanol–water partition coefficient (Wildman–Crippen LogP) is 3.61. The van der Waals surface area contributed by atoms with Crippen molar-refractivity contribution >= 4 is 60.6 Å². The zero-order valence-corrected chi connectivity index (χ0v) is 19.2. The number of likely N-dealkylation sites (N-methyl/N-ethyl adjacent to an activating group) is 1. The van der Waals surface area contributed by atoms with Crippen molar-refractivity contribution in [2.75, 3.05) is 33.1 Å². The minimum Gasteiger partial charge on any atom is -0.495 e. The molecule has 0 bridgehead atoms. The van der Waals surface area contributed by atoms with Crippen molar-refractivity contribution in [2.45, 2.75) is 4.90 Å². The lowest BCUT2D eigenvalue weighted by Crippen LogP contribution is -2.34. The molecule has 3 rings (SSSR count). The molecule has 0 aliphatic heterocycles. The number of benzene rings is 2. The maximum absolute atomic E-state index is 12.7. The third-order valence-electron chi connectivity index (χ3n) is 4.38. The molecule has 0 atom stereocenters. The van der Waals surface area contributed by atoms with Crippen LogP contribution in [0.3, 0.4) is 0 Å². The lowest BCUT2D eigenvalue weighted by atomic mass is 10.2. The first-order chi connectivity index (χ1) is 14.6. The fourth-order valence-corrected chi connectivity index (χ4v) is 5.24. The number of esters is 1. The van der Waals surface area contributed by atoms with Crippen LogP contribution in [0.25, 0.3) is 10.1 Å². The number of hydrogen-bond donors (Lipinski definition) is 1. The van der Waals surface area contributed by atoms with Gasteiger partial charge >= 0.3 is 5.97 Å². The Labute approximate surface area is 188 Å². The van der Waals surface area contributed by atoms with Crippen molar-refractivity contribution < 1.29 is 27.5 Å². The topological polar surface area (TPSA) is 102 Å². The fourth-order valence-electron chi connectivity index (χ4n) is 2.80. The summed E-state index contributed by atoms with van der Waals surface area (Å²) in [6, 6.07) is 10.9. The van der Waals surface area contributed by atoms with Crippen LogP contribution in [0.2, 0.25) is 5.02 Å². The molecule has 0 unspecified atom stereocenters. The number of hydrogen-bond acceptors (Lipinski definition) is 7. The number of ether oxygens (including phenoxy) is 2. The molecule has 0 fully saturated rings. The second-order valence-corrected chi connectivity index (χ2v) is 10.00. The summed E-state index contributed by atoms with van der Waals surface area (Å²) in [5.41, 5.74) is 0.477. The summed E-state index contributed by atoms with van der Waals surface area (Å²) in [5.74, 6) is -0.606. The highest BCUT2D eigenvalue weighted by Crippen LogP contribution is 2.29. The van der Waals surface area contributed by atoms with E-state index in [1.165, 1.54) is 50.8 Å². The van der Waals surface area contributed by atoms with E-state index in [0.717, 1.165) is 14.4 Å². The summed E-state index contributed by atoms with van der Waals surface area (Å²) < 4.78 is 37.0. The van der Waals surface area contributed by atoms with E-state index in [9.17, 15) is 18.0 Å². The van der Waals surface area contributed by atoms with Gasteiger partial charge in [0, 0.05) is 17.4 Å². The molecule has 0 saturated carbocycles. The summed E-state index contributed by atoms with van der Waals surface area (Å²) in [4.78, 5) is 24.5. The van der Waals surface area contributed by atoms with E-state index >= 15 is 0 Å². The Morgan fingerprint density at radius 1 is 1.13 bits per heavy atom. The number of carbonyl (C=O) groups is 2. The van der Waals surface area contributed by atoms with E-state index in [4.69, 9.17) is 21.1 Å². The number of anilines is 1. The van der Waals surface area contributed by atoms with Gasteiger partial charge in [-0.2, -0.15) is 4.31 Å². The van der Waals surface area contributed by atoms with Crippen LogP contribution in [-0.2, 0) is 19.6 Å². The summed E-state index contributed by atoms with van der Waals surface area (Å²) in [7, 11) is 0.103. The van der Waals surface area contributed by atoms with Crippen molar-refractivity contribution in [1.82, 2.24) is 4.31 Å². The Balaban J connectivity index is 1.72. The Morgan fingerprint density at radius 3 is 2.52 bits per heavy atom. The fraction of sp³-hybridized carbons (Fsp3) is 0.200. The first-order valence-electron chi connectivity index (χ1n) is 8.87. The molecule has 11 heteroatoms. The first-order valence-corrected chi connectivity index (χ1v) is 11.5. The molecule has 164 valence electrons. The molecule has 1 N–H and O–H groups in total. The van der Waals surface area contributed by atoms with Crippen molar-refractivity contribution in [2.24, 2.45) is 0 Å². The van der Waals surface area contributed by atoms with Gasteiger partial charge in [-0.05, 0) is 47.9 Å². The number of rotatable bonds is 7. The van der Waals surface area contributed by atoms with Crippen LogP contribution >= 0.6 is 22.9 Å². The molecule has 0 radical (unpaired) electrons. The van der Waals surface area contributed by atoms with E-state index in [1.54, 1.807) is 24.3 Å². The summed E-state index contributed by atoms with van der Waals surface area (Å²) >= 11 is 7.29. The Bertz CT molecular complexity index is 1260. The van der Waals surface area contributed by atoms with Gasteiger partial charge in [-0.3, -0.25) is 4.79 Å². The number of nitrogens with zero attached hydrogens (tertiary/aromatic N) is 1. The van der Waals surface area contributed by atoms with E-state index in [0.29, 0.717) is 16.3 Å². The molecule has 0 saturated heterocycles. The molecule has 0 spiro atoms. The maximum Gasteiger partial charge on any atom is 0.348 e. The molecule has 8 nitrogen and oxygen atoms in total. The largest absolute Gasteiger partial charge is 0.495 e. The van der Waals surface area contributed by atoms with Crippen LogP contribution in [0.15, 0.2) is 47.4 Å². The molecule has 2 aromatic carbocycles. The molecule has 31 heavy (non-hydrogen) atoms. The number of halogens is 1. The third-order valence-corrected chi connectivity index (χ3v) is 7.58. The number of thiophene rings is 1. The van der Waals surface area contributed by atoms with E-state index in [-0.39, 0.29) is 9.92 Å². The summed E-state index contributed by atoms with van der Waals surface area (Å²) in [6.07, 6.45) is 0. The van der Waals surface area contributed by atoms with Gasteiger partial charge in [-0.15, -0.1) is 11.3 Å². The highest BCUT2D eigenvalue weighted by molar-refractivity contribution is 7.89. The van der Waals surface area contributed by atoms with Crippen LogP contribution in [0, 0.1) is 0 Å². The second kappa shape index (κ2) is 9.23. The Hall–Kier alpha value is -2.66. The van der Waals surface area contributed by atoms with Gasteiger partial charge in [-0.1, -0.05) is 11.6 Å². The minimum absolute atomic E-state index is 0.0522. The molecule has 0 aliphatic carbocycles. The van der Waals surface area contributed by atoms with Gasteiger partial charge < -0.3 is 14.8 Å².